The molecular weight excluding hydrogens is 503 g/mol. The summed E-state index contributed by atoms with van der Waals surface area (Å²) in [6, 6.07) is 13.7. The number of carbonyl (C=O) groups excluding carboxylic acids is 1. The third-order valence-corrected chi connectivity index (χ3v) is 5.30. The van der Waals surface area contributed by atoms with E-state index in [4.69, 9.17) is 9.90 Å². The number of carbonyl (C=O) groups is 2. The zero-order valence-electron chi connectivity index (χ0n) is 20.0. The third kappa shape index (κ3) is 5.51. The molecule has 5 rings (SSSR count). The number of aromatic nitrogens is 6. The van der Waals surface area contributed by atoms with Crippen molar-refractivity contribution in [3.05, 3.63) is 90.3 Å². The molecule has 0 bridgehead atoms. The van der Waals surface area contributed by atoms with Crippen LogP contribution in [0.1, 0.15) is 21.6 Å². The SMILES string of the molecule is Cc1ccc(-n2nccc2-c2nc(C(=O)Nc3ncccc3C)c3cnccn23)cc1.O=C(O)C(F)(F)F. The van der Waals surface area contributed by atoms with E-state index in [1.54, 1.807) is 35.7 Å². The number of benzene rings is 1. The topological polar surface area (TPSA) is 127 Å². The van der Waals surface area contributed by atoms with Crippen molar-refractivity contribution < 1.29 is 27.9 Å². The number of pyridine rings is 1. The largest absolute Gasteiger partial charge is 0.490 e. The van der Waals surface area contributed by atoms with Crippen molar-refractivity contribution in [2.45, 2.75) is 20.0 Å². The summed E-state index contributed by atoms with van der Waals surface area (Å²) in [6.45, 7) is 3.93. The van der Waals surface area contributed by atoms with E-state index < -0.39 is 12.1 Å². The molecule has 13 heteroatoms. The average molecular weight is 523 g/mol. The van der Waals surface area contributed by atoms with E-state index in [1.807, 2.05) is 60.7 Å². The van der Waals surface area contributed by atoms with Crippen molar-refractivity contribution in [2.75, 3.05) is 5.32 Å². The number of aryl methyl sites for hydroxylation is 2. The van der Waals surface area contributed by atoms with Gasteiger partial charge in [0.15, 0.2) is 11.5 Å². The van der Waals surface area contributed by atoms with Crippen molar-refractivity contribution >= 4 is 23.2 Å². The number of nitrogens with one attached hydrogen (secondary N) is 1. The Hall–Kier alpha value is -5.07. The minimum atomic E-state index is -5.08. The van der Waals surface area contributed by atoms with E-state index >= 15 is 0 Å². The maximum atomic E-state index is 13.1. The van der Waals surface area contributed by atoms with Crippen LogP contribution >= 0.6 is 0 Å². The van der Waals surface area contributed by atoms with Crippen molar-refractivity contribution in [3.63, 3.8) is 0 Å². The predicted molar refractivity (Wildman–Crippen MR) is 131 cm³/mol. The van der Waals surface area contributed by atoms with Gasteiger partial charge in [-0.25, -0.2) is 19.4 Å². The number of rotatable bonds is 4. The molecule has 0 unspecified atom stereocenters. The fourth-order valence-electron chi connectivity index (χ4n) is 3.43. The Bertz CT molecular complexity index is 1610. The van der Waals surface area contributed by atoms with Gasteiger partial charge in [-0.15, -0.1) is 0 Å². The second-order valence-electron chi connectivity index (χ2n) is 8.01. The molecule has 0 aliphatic heterocycles. The summed E-state index contributed by atoms with van der Waals surface area (Å²) < 4.78 is 35.4. The molecule has 10 nitrogen and oxygen atoms in total. The van der Waals surface area contributed by atoms with Crippen LogP contribution in [0.2, 0.25) is 0 Å². The number of nitrogens with zero attached hydrogens (tertiary/aromatic N) is 6. The number of hydrogen-bond donors (Lipinski definition) is 2. The molecule has 4 heterocycles. The van der Waals surface area contributed by atoms with Crippen molar-refractivity contribution in [1.82, 2.24) is 29.1 Å². The highest BCUT2D eigenvalue weighted by Gasteiger charge is 2.38. The van der Waals surface area contributed by atoms with Gasteiger partial charge in [-0.2, -0.15) is 18.3 Å². The standard InChI is InChI=1S/C23H19N7O.C2HF3O2/c1-15-5-7-17(8-6-15)30-18(9-11-26-30)22-27-20(19-14-24-12-13-29(19)22)23(31)28-21-16(2)4-3-10-25-21;3-2(4,5)1(6)7/h3-14H,1-2H3,(H,25,28,31);(H,6,7). The van der Waals surface area contributed by atoms with Crippen LogP contribution in [0.4, 0.5) is 19.0 Å². The van der Waals surface area contributed by atoms with Crippen LogP contribution in [-0.4, -0.2) is 52.3 Å². The molecule has 194 valence electrons. The Labute approximate surface area is 213 Å². The van der Waals surface area contributed by atoms with Crippen LogP contribution < -0.4 is 5.32 Å². The molecule has 0 fully saturated rings. The first kappa shape index (κ1) is 26.0. The molecule has 0 spiro atoms. The van der Waals surface area contributed by atoms with Crippen LogP contribution in [0.15, 0.2) is 73.4 Å². The fourth-order valence-corrected chi connectivity index (χ4v) is 3.43. The van der Waals surface area contributed by atoms with Gasteiger partial charge in [0.2, 0.25) is 0 Å². The minimum Gasteiger partial charge on any atom is -0.475 e. The zero-order valence-corrected chi connectivity index (χ0v) is 20.0. The van der Waals surface area contributed by atoms with Gasteiger partial charge >= 0.3 is 12.1 Å². The Morgan fingerprint density at radius 3 is 2.37 bits per heavy atom. The summed E-state index contributed by atoms with van der Waals surface area (Å²) in [5.41, 5.74) is 4.57. The first-order chi connectivity index (χ1) is 18.1. The number of fused-ring (bicyclic) bond motifs is 1. The van der Waals surface area contributed by atoms with Crippen molar-refractivity contribution in [1.29, 1.82) is 0 Å². The van der Waals surface area contributed by atoms with Gasteiger partial charge in [0.05, 0.1) is 23.6 Å². The summed E-state index contributed by atoms with van der Waals surface area (Å²) in [5.74, 6) is -2.00. The van der Waals surface area contributed by atoms with E-state index in [2.05, 4.69) is 25.4 Å². The number of amides is 1. The van der Waals surface area contributed by atoms with E-state index in [0.29, 0.717) is 17.2 Å². The van der Waals surface area contributed by atoms with Gasteiger partial charge in [-0.1, -0.05) is 23.8 Å². The summed E-state index contributed by atoms with van der Waals surface area (Å²) in [5, 5.41) is 14.4. The summed E-state index contributed by atoms with van der Waals surface area (Å²) in [4.78, 5) is 35.1. The number of hydrogen-bond acceptors (Lipinski definition) is 6. The lowest BCUT2D eigenvalue weighted by molar-refractivity contribution is -0.192. The molecule has 1 amide bonds. The monoisotopic (exact) mass is 523 g/mol. The normalized spacial score (nSPS) is 11.1. The molecule has 0 saturated carbocycles. The third-order valence-electron chi connectivity index (χ3n) is 5.30. The van der Waals surface area contributed by atoms with Crippen LogP contribution in [0.5, 0.6) is 0 Å². The maximum Gasteiger partial charge on any atom is 0.490 e. The number of halogens is 3. The van der Waals surface area contributed by atoms with Gasteiger partial charge in [-0.3, -0.25) is 14.2 Å². The Morgan fingerprint density at radius 1 is 1.00 bits per heavy atom. The van der Waals surface area contributed by atoms with E-state index in [9.17, 15) is 18.0 Å². The summed E-state index contributed by atoms with van der Waals surface area (Å²) in [6.07, 6.45) is 3.35. The highest BCUT2D eigenvalue weighted by atomic mass is 19.4. The molecule has 0 saturated heterocycles. The first-order valence-electron chi connectivity index (χ1n) is 11.0. The van der Waals surface area contributed by atoms with Crippen molar-refractivity contribution in [2.24, 2.45) is 0 Å². The molecule has 38 heavy (non-hydrogen) atoms. The molecule has 0 radical (unpaired) electrons. The quantitative estimate of drug-likeness (QED) is 0.356. The van der Waals surface area contributed by atoms with Gasteiger partial charge < -0.3 is 10.4 Å². The van der Waals surface area contributed by atoms with Gasteiger partial charge in [0, 0.05) is 18.6 Å². The van der Waals surface area contributed by atoms with Gasteiger partial charge in [0.1, 0.15) is 11.5 Å². The number of carboxylic acid groups (broad SMARTS) is 1. The van der Waals surface area contributed by atoms with Gasteiger partial charge in [-0.05, 0) is 43.7 Å². The van der Waals surface area contributed by atoms with E-state index in [0.717, 1.165) is 16.9 Å². The number of anilines is 1. The predicted octanol–water partition coefficient (Wildman–Crippen LogP) is 4.48. The van der Waals surface area contributed by atoms with E-state index in [1.165, 1.54) is 5.56 Å². The molecule has 5 aromatic rings. The maximum absolute atomic E-state index is 13.1. The van der Waals surface area contributed by atoms with Gasteiger partial charge in [0.25, 0.3) is 5.91 Å². The molecule has 0 aliphatic carbocycles. The lowest BCUT2D eigenvalue weighted by atomic mass is 10.2. The van der Waals surface area contributed by atoms with Crippen LogP contribution in [-0.2, 0) is 4.79 Å². The molecule has 0 aliphatic rings. The van der Waals surface area contributed by atoms with E-state index in [-0.39, 0.29) is 11.6 Å². The number of imidazole rings is 1. The summed E-state index contributed by atoms with van der Waals surface area (Å²) in [7, 11) is 0. The highest BCUT2D eigenvalue weighted by molar-refractivity contribution is 6.07. The summed E-state index contributed by atoms with van der Waals surface area (Å²) >= 11 is 0. The molecule has 1 aromatic carbocycles. The van der Waals surface area contributed by atoms with Crippen LogP contribution in [0.25, 0.3) is 22.7 Å². The number of carboxylic acids is 1. The van der Waals surface area contributed by atoms with Crippen molar-refractivity contribution in [3.8, 4) is 17.2 Å². The second-order valence-corrected chi connectivity index (χ2v) is 8.01. The second kappa shape index (κ2) is 10.5. The number of aliphatic carboxylic acids is 1. The van der Waals surface area contributed by atoms with Crippen LogP contribution in [0, 0.1) is 13.8 Å². The molecule has 0 atom stereocenters. The Balaban J connectivity index is 0.000000426. The highest BCUT2D eigenvalue weighted by Crippen LogP contribution is 2.25. The Morgan fingerprint density at radius 2 is 1.71 bits per heavy atom. The molecule has 2 N–H and O–H groups in total. The fraction of sp³-hybridized carbons (Fsp3) is 0.120. The first-order valence-corrected chi connectivity index (χ1v) is 11.0. The minimum absolute atomic E-state index is 0.268. The average Bonchev–Trinajstić information content (AvgIpc) is 3.51. The lowest BCUT2D eigenvalue weighted by Gasteiger charge is -2.07. The number of alkyl halides is 3. The zero-order chi connectivity index (χ0) is 27.4. The molecular formula is C25H20F3N7O3. The Kier molecular flexibility index (Phi) is 7.19. The smallest absolute Gasteiger partial charge is 0.475 e. The lowest BCUT2D eigenvalue weighted by Crippen LogP contribution is -2.21. The van der Waals surface area contributed by atoms with Crippen LogP contribution in [0.3, 0.4) is 0 Å². The molecule has 4 aromatic heterocycles.